The Bertz CT molecular complexity index is 416. The smallest absolute Gasteiger partial charge is 0.315 e. The number of thiazole rings is 1. The summed E-state index contributed by atoms with van der Waals surface area (Å²) in [5, 5.41) is 8.86. The molecule has 0 aromatic carbocycles. The Hall–Kier alpha value is -1.14. The Kier molecular flexibility index (Phi) is 5.15. The lowest BCUT2D eigenvalue weighted by molar-refractivity contribution is 0.0860. The SMILES string of the molecule is Cc1csc(CCNC(=O)N[C@@H](C)[C@H]2CCCO2)n1. The van der Waals surface area contributed by atoms with Crippen LogP contribution in [0.15, 0.2) is 5.38 Å². The van der Waals surface area contributed by atoms with Crippen molar-refractivity contribution in [1.29, 1.82) is 0 Å². The molecule has 1 aliphatic rings. The van der Waals surface area contributed by atoms with E-state index in [9.17, 15) is 4.79 Å². The number of nitrogens with one attached hydrogen (secondary N) is 2. The maximum atomic E-state index is 11.7. The van der Waals surface area contributed by atoms with Crippen LogP contribution in [0.4, 0.5) is 4.79 Å². The number of carbonyl (C=O) groups is 1. The van der Waals surface area contributed by atoms with Crippen molar-refractivity contribution in [3.05, 3.63) is 16.1 Å². The monoisotopic (exact) mass is 283 g/mol. The number of nitrogens with zero attached hydrogens (tertiary/aromatic N) is 1. The van der Waals surface area contributed by atoms with Gasteiger partial charge in [0.25, 0.3) is 0 Å². The van der Waals surface area contributed by atoms with Crippen LogP contribution < -0.4 is 10.6 Å². The molecule has 19 heavy (non-hydrogen) atoms. The van der Waals surface area contributed by atoms with Gasteiger partial charge in [0.1, 0.15) is 0 Å². The zero-order valence-corrected chi connectivity index (χ0v) is 12.3. The van der Waals surface area contributed by atoms with E-state index in [0.717, 1.165) is 36.6 Å². The van der Waals surface area contributed by atoms with E-state index in [1.165, 1.54) is 0 Å². The number of aromatic nitrogens is 1. The fourth-order valence-electron chi connectivity index (χ4n) is 2.15. The quantitative estimate of drug-likeness (QED) is 0.867. The Balaban J connectivity index is 1.64. The van der Waals surface area contributed by atoms with Crippen LogP contribution >= 0.6 is 11.3 Å². The van der Waals surface area contributed by atoms with Gasteiger partial charge in [-0.2, -0.15) is 0 Å². The lowest BCUT2D eigenvalue weighted by Crippen LogP contribution is -2.46. The Morgan fingerprint density at radius 3 is 3.16 bits per heavy atom. The second kappa shape index (κ2) is 6.86. The first-order valence-corrected chi connectivity index (χ1v) is 7.60. The first-order chi connectivity index (χ1) is 9.15. The molecule has 1 aliphatic heterocycles. The van der Waals surface area contributed by atoms with Crippen LogP contribution in [0.1, 0.15) is 30.5 Å². The zero-order valence-electron chi connectivity index (χ0n) is 11.4. The van der Waals surface area contributed by atoms with Crippen molar-refractivity contribution in [1.82, 2.24) is 15.6 Å². The minimum atomic E-state index is -0.128. The molecule has 2 N–H and O–H groups in total. The molecule has 1 fully saturated rings. The van der Waals surface area contributed by atoms with Gasteiger partial charge in [0.15, 0.2) is 0 Å². The van der Waals surface area contributed by atoms with Crippen molar-refractivity contribution >= 4 is 17.4 Å². The van der Waals surface area contributed by atoms with Gasteiger partial charge in [0, 0.05) is 30.6 Å². The highest BCUT2D eigenvalue weighted by Crippen LogP contribution is 2.15. The molecule has 2 atom stereocenters. The van der Waals surface area contributed by atoms with Crippen molar-refractivity contribution in [3.63, 3.8) is 0 Å². The number of urea groups is 1. The van der Waals surface area contributed by atoms with Gasteiger partial charge in [-0.25, -0.2) is 9.78 Å². The summed E-state index contributed by atoms with van der Waals surface area (Å²) in [4.78, 5) is 16.1. The zero-order chi connectivity index (χ0) is 13.7. The largest absolute Gasteiger partial charge is 0.376 e. The fraction of sp³-hybridized carbons (Fsp3) is 0.692. The van der Waals surface area contributed by atoms with Crippen molar-refractivity contribution < 1.29 is 9.53 Å². The number of hydrogen-bond donors (Lipinski definition) is 2. The van der Waals surface area contributed by atoms with Gasteiger partial charge in [0.2, 0.25) is 0 Å². The highest BCUT2D eigenvalue weighted by Gasteiger charge is 2.23. The normalized spacial score (nSPS) is 20.2. The maximum Gasteiger partial charge on any atom is 0.315 e. The third kappa shape index (κ3) is 4.47. The summed E-state index contributed by atoms with van der Waals surface area (Å²) in [5.41, 5.74) is 1.04. The van der Waals surface area contributed by atoms with E-state index in [4.69, 9.17) is 4.74 Å². The molecule has 6 heteroatoms. The molecule has 1 aromatic heterocycles. The number of ether oxygens (including phenoxy) is 1. The summed E-state index contributed by atoms with van der Waals surface area (Å²) in [6.07, 6.45) is 3.05. The first kappa shape index (κ1) is 14.3. The Morgan fingerprint density at radius 2 is 2.53 bits per heavy atom. The van der Waals surface area contributed by atoms with E-state index < -0.39 is 0 Å². The molecule has 5 nitrogen and oxygen atoms in total. The van der Waals surface area contributed by atoms with Gasteiger partial charge < -0.3 is 15.4 Å². The molecule has 0 saturated carbocycles. The van der Waals surface area contributed by atoms with Crippen molar-refractivity contribution in [2.45, 2.75) is 45.3 Å². The van der Waals surface area contributed by atoms with Gasteiger partial charge in [-0.05, 0) is 26.7 Å². The first-order valence-electron chi connectivity index (χ1n) is 6.72. The molecule has 1 saturated heterocycles. The van der Waals surface area contributed by atoms with Crippen LogP contribution in [0.3, 0.4) is 0 Å². The van der Waals surface area contributed by atoms with Gasteiger partial charge >= 0.3 is 6.03 Å². The average Bonchev–Trinajstić information content (AvgIpc) is 3.00. The summed E-state index contributed by atoms with van der Waals surface area (Å²) in [5.74, 6) is 0. The molecule has 0 bridgehead atoms. The second-order valence-electron chi connectivity index (χ2n) is 4.87. The van der Waals surface area contributed by atoms with Crippen LogP contribution in [0.2, 0.25) is 0 Å². The van der Waals surface area contributed by atoms with Gasteiger partial charge in [-0.1, -0.05) is 0 Å². The minimum Gasteiger partial charge on any atom is -0.376 e. The standard InChI is InChI=1S/C13H21N3O2S/c1-9-8-19-12(15-9)5-6-14-13(17)16-10(2)11-4-3-7-18-11/h8,10-11H,3-7H2,1-2H3,(H2,14,16,17)/t10-,11+/m0/s1. The average molecular weight is 283 g/mol. The minimum absolute atomic E-state index is 0.0598. The van der Waals surface area contributed by atoms with Crippen LogP contribution in [0.25, 0.3) is 0 Å². The summed E-state index contributed by atoms with van der Waals surface area (Å²) in [6, 6.07) is -0.0686. The van der Waals surface area contributed by atoms with Gasteiger partial charge in [-0.15, -0.1) is 11.3 Å². The number of rotatable bonds is 5. The third-order valence-corrected chi connectivity index (χ3v) is 4.20. The molecule has 0 spiro atoms. The molecule has 2 rings (SSSR count). The van der Waals surface area contributed by atoms with Gasteiger partial charge in [-0.3, -0.25) is 0 Å². The van der Waals surface area contributed by atoms with Crippen LogP contribution in [0, 0.1) is 6.92 Å². The highest BCUT2D eigenvalue weighted by atomic mass is 32.1. The summed E-state index contributed by atoms with van der Waals surface area (Å²) in [7, 11) is 0. The van der Waals surface area contributed by atoms with Crippen LogP contribution in [-0.4, -0.2) is 36.3 Å². The second-order valence-corrected chi connectivity index (χ2v) is 5.82. The third-order valence-electron chi connectivity index (χ3n) is 3.17. The van der Waals surface area contributed by atoms with Gasteiger partial charge in [0.05, 0.1) is 17.2 Å². The Morgan fingerprint density at radius 1 is 1.68 bits per heavy atom. The van der Waals surface area contributed by atoms with E-state index in [2.05, 4.69) is 15.6 Å². The molecule has 0 radical (unpaired) electrons. The molecule has 106 valence electrons. The highest BCUT2D eigenvalue weighted by molar-refractivity contribution is 7.09. The predicted molar refractivity (Wildman–Crippen MR) is 75.5 cm³/mol. The lowest BCUT2D eigenvalue weighted by Gasteiger charge is -2.20. The molecule has 2 heterocycles. The van der Waals surface area contributed by atoms with Crippen LogP contribution in [0.5, 0.6) is 0 Å². The molecule has 0 aliphatic carbocycles. The van der Waals surface area contributed by atoms with E-state index in [0.29, 0.717) is 6.54 Å². The Labute approximate surface area is 117 Å². The summed E-state index contributed by atoms with van der Waals surface area (Å²) in [6.45, 7) is 5.38. The molecular weight excluding hydrogens is 262 g/mol. The fourth-order valence-corrected chi connectivity index (χ4v) is 2.92. The summed E-state index contributed by atoms with van der Waals surface area (Å²) >= 11 is 1.63. The van der Waals surface area contributed by atoms with Crippen molar-refractivity contribution in [3.8, 4) is 0 Å². The number of carbonyl (C=O) groups excluding carboxylic acids is 1. The van der Waals surface area contributed by atoms with Crippen molar-refractivity contribution in [2.24, 2.45) is 0 Å². The lowest BCUT2D eigenvalue weighted by atomic mass is 10.1. The number of amides is 2. The van der Waals surface area contributed by atoms with E-state index in [1.54, 1.807) is 11.3 Å². The maximum absolute atomic E-state index is 11.7. The number of hydrogen-bond acceptors (Lipinski definition) is 4. The molecule has 1 aromatic rings. The summed E-state index contributed by atoms with van der Waals surface area (Å²) < 4.78 is 5.54. The van der Waals surface area contributed by atoms with Crippen molar-refractivity contribution in [2.75, 3.05) is 13.2 Å². The molecule has 0 unspecified atom stereocenters. The van der Waals surface area contributed by atoms with E-state index in [1.807, 2.05) is 19.2 Å². The molecule has 2 amide bonds. The number of aryl methyl sites for hydroxylation is 1. The topological polar surface area (TPSA) is 63.2 Å². The van der Waals surface area contributed by atoms with E-state index in [-0.39, 0.29) is 18.2 Å². The van der Waals surface area contributed by atoms with E-state index >= 15 is 0 Å². The molecular formula is C13H21N3O2S. The van der Waals surface area contributed by atoms with Crippen LogP contribution in [-0.2, 0) is 11.2 Å². The predicted octanol–water partition coefficient (Wildman–Crippen LogP) is 1.86.